The number of hydrogen-bond acceptors (Lipinski definition) is 5. The monoisotopic (exact) mass is 327 g/mol. The van der Waals surface area contributed by atoms with Gasteiger partial charge in [0.15, 0.2) is 5.65 Å². The third kappa shape index (κ3) is 1.84. The van der Waals surface area contributed by atoms with E-state index >= 15 is 0 Å². The second kappa shape index (κ2) is 4.92. The van der Waals surface area contributed by atoms with Crippen molar-refractivity contribution in [2.45, 2.75) is 38.5 Å². The number of amides is 1. The Morgan fingerprint density at radius 1 is 1.33 bits per heavy atom. The Morgan fingerprint density at radius 3 is 2.71 bits per heavy atom. The van der Waals surface area contributed by atoms with Crippen LogP contribution in [-0.2, 0) is 11.3 Å². The lowest BCUT2D eigenvalue weighted by Crippen LogP contribution is -2.31. The van der Waals surface area contributed by atoms with Crippen LogP contribution in [0.25, 0.3) is 11.2 Å². The number of carbonyl (C=O) groups is 1. The molecular formula is C17H21N5O2. The van der Waals surface area contributed by atoms with Gasteiger partial charge in [-0.3, -0.25) is 9.36 Å². The average molecular weight is 327 g/mol. The lowest BCUT2D eigenvalue weighted by Gasteiger charge is -2.18. The van der Waals surface area contributed by atoms with Gasteiger partial charge in [-0.15, -0.1) is 0 Å². The van der Waals surface area contributed by atoms with Crippen molar-refractivity contribution in [1.82, 2.24) is 19.4 Å². The van der Waals surface area contributed by atoms with Crippen LogP contribution in [0.5, 0.6) is 0 Å². The van der Waals surface area contributed by atoms with Crippen molar-refractivity contribution >= 4 is 23.0 Å². The maximum absolute atomic E-state index is 12.9. The summed E-state index contributed by atoms with van der Waals surface area (Å²) < 4.78 is 7.83. The Balaban J connectivity index is 1.42. The zero-order chi connectivity index (χ0) is 16.4. The molecule has 2 bridgehead atoms. The molecule has 126 valence electrons. The van der Waals surface area contributed by atoms with E-state index in [9.17, 15) is 4.79 Å². The van der Waals surface area contributed by atoms with Crippen molar-refractivity contribution in [2.75, 3.05) is 18.8 Å². The van der Waals surface area contributed by atoms with Crippen LogP contribution in [0.3, 0.4) is 0 Å². The van der Waals surface area contributed by atoms with Crippen LogP contribution in [-0.4, -0.2) is 50.6 Å². The van der Waals surface area contributed by atoms with Crippen LogP contribution in [0.1, 0.15) is 30.1 Å². The van der Waals surface area contributed by atoms with Crippen LogP contribution in [0.15, 0.2) is 12.3 Å². The van der Waals surface area contributed by atoms with E-state index in [4.69, 9.17) is 10.5 Å². The van der Waals surface area contributed by atoms with Gasteiger partial charge < -0.3 is 15.4 Å². The van der Waals surface area contributed by atoms with E-state index in [2.05, 4.69) is 9.97 Å². The lowest BCUT2D eigenvalue weighted by atomic mass is 9.82. The number of ether oxygens (including phenoxy) is 1. The fraction of sp³-hybridized carbons (Fsp3) is 0.588. The molecule has 5 rings (SSSR count). The molecule has 3 aliphatic heterocycles. The molecule has 3 fully saturated rings. The number of nitrogen functional groups attached to an aromatic ring is 1. The van der Waals surface area contributed by atoms with Crippen molar-refractivity contribution < 1.29 is 9.53 Å². The zero-order valence-electron chi connectivity index (χ0n) is 13.7. The van der Waals surface area contributed by atoms with Crippen LogP contribution in [0, 0.1) is 11.8 Å². The van der Waals surface area contributed by atoms with Crippen LogP contribution in [0.4, 0.5) is 5.95 Å². The summed E-state index contributed by atoms with van der Waals surface area (Å²) in [7, 11) is 0. The highest BCUT2D eigenvalue weighted by molar-refractivity contribution is 5.96. The topological polar surface area (TPSA) is 86.3 Å². The van der Waals surface area contributed by atoms with Crippen molar-refractivity contribution in [1.29, 1.82) is 0 Å². The summed E-state index contributed by atoms with van der Waals surface area (Å²) in [6, 6.07) is 1.81. The maximum Gasteiger partial charge on any atom is 0.255 e. The number of nitrogens with zero attached hydrogens (tertiary/aromatic N) is 4. The number of carbonyl (C=O) groups excluding carboxylic acids is 1. The Morgan fingerprint density at radius 2 is 2.04 bits per heavy atom. The van der Waals surface area contributed by atoms with Crippen molar-refractivity contribution in [3.8, 4) is 0 Å². The van der Waals surface area contributed by atoms with Gasteiger partial charge in [-0.25, -0.2) is 9.97 Å². The van der Waals surface area contributed by atoms with Crippen LogP contribution >= 0.6 is 0 Å². The first-order chi connectivity index (χ1) is 11.7. The number of likely N-dealkylation sites (tertiary alicyclic amines) is 1. The Labute approximate surface area is 139 Å². The summed E-state index contributed by atoms with van der Waals surface area (Å²) in [6.07, 6.45) is 4.67. The molecule has 5 heterocycles. The summed E-state index contributed by atoms with van der Waals surface area (Å²) in [6.45, 7) is 4.31. The van der Waals surface area contributed by atoms with E-state index in [0.717, 1.165) is 31.6 Å². The first-order valence-corrected chi connectivity index (χ1v) is 8.72. The van der Waals surface area contributed by atoms with Crippen molar-refractivity contribution in [3.63, 3.8) is 0 Å². The van der Waals surface area contributed by atoms with Crippen molar-refractivity contribution in [3.05, 3.63) is 17.8 Å². The molecule has 7 heteroatoms. The molecule has 4 atom stereocenters. The number of hydrogen-bond donors (Lipinski definition) is 1. The molecule has 0 spiro atoms. The Kier molecular flexibility index (Phi) is 2.92. The largest absolute Gasteiger partial charge is 0.374 e. The second-order valence-electron chi connectivity index (χ2n) is 7.11. The molecule has 1 amide bonds. The summed E-state index contributed by atoms with van der Waals surface area (Å²) in [4.78, 5) is 23.6. The van der Waals surface area contributed by atoms with E-state index in [1.807, 2.05) is 22.5 Å². The first-order valence-electron chi connectivity index (χ1n) is 8.72. The fourth-order valence-electron chi connectivity index (χ4n) is 4.77. The Hall–Kier alpha value is -2.15. The molecule has 2 N–H and O–H groups in total. The van der Waals surface area contributed by atoms with Gasteiger partial charge in [-0.05, 0) is 25.8 Å². The predicted octanol–water partition coefficient (Wildman–Crippen LogP) is 1.28. The highest BCUT2D eigenvalue weighted by Crippen LogP contribution is 2.47. The number of anilines is 1. The van der Waals surface area contributed by atoms with Gasteiger partial charge in [0.1, 0.15) is 5.52 Å². The minimum Gasteiger partial charge on any atom is -0.374 e. The third-order valence-corrected chi connectivity index (χ3v) is 5.92. The first kappa shape index (κ1) is 14.2. The standard InChI is InChI=1S/C17H21N5O2/c1-2-22-15-12(20-17(22)18)5-9(6-19-15)16(23)21-7-10-11(8-21)14-4-3-13(10)24-14/h5-6,10-11,13-14H,2-4,7-8H2,1H3,(H2,18,20). The fourth-order valence-corrected chi connectivity index (χ4v) is 4.77. The summed E-state index contributed by atoms with van der Waals surface area (Å²) in [5.41, 5.74) is 7.92. The van der Waals surface area contributed by atoms with Gasteiger partial charge in [-0.2, -0.15) is 0 Å². The molecule has 4 unspecified atom stereocenters. The molecule has 0 saturated carbocycles. The van der Waals surface area contributed by atoms with E-state index < -0.39 is 0 Å². The van der Waals surface area contributed by atoms with E-state index in [-0.39, 0.29) is 5.91 Å². The lowest BCUT2D eigenvalue weighted by molar-refractivity contribution is 0.0594. The molecule has 7 nitrogen and oxygen atoms in total. The van der Waals surface area contributed by atoms with Gasteiger partial charge in [-0.1, -0.05) is 0 Å². The van der Waals surface area contributed by atoms with Gasteiger partial charge >= 0.3 is 0 Å². The summed E-state index contributed by atoms with van der Waals surface area (Å²) in [5.74, 6) is 1.51. The number of aromatic nitrogens is 3. The number of rotatable bonds is 2. The molecule has 24 heavy (non-hydrogen) atoms. The van der Waals surface area contributed by atoms with Gasteiger partial charge in [0.2, 0.25) is 5.95 Å². The van der Waals surface area contributed by atoms with Crippen molar-refractivity contribution in [2.24, 2.45) is 11.8 Å². The molecule has 0 aliphatic carbocycles. The van der Waals surface area contributed by atoms with Gasteiger partial charge in [0.25, 0.3) is 5.91 Å². The number of pyridine rings is 1. The molecule has 2 aromatic rings. The summed E-state index contributed by atoms with van der Waals surface area (Å²) in [5, 5.41) is 0. The molecule has 0 radical (unpaired) electrons. The van der Waals surface area contributed by atoms with Gasteiger partial charge in [0, 0.05) is 37.7 Å². The van der Waals surface area contributed by atoms with E-state index in [0.29, 0.717) is 47.6 Å². The molecular weight excluding hydrogens is 306 g/mol. The quantitative estimate of drug-likeness (QED) is 0.898. The van der Waals surface area contributed by atoms with Crippen LogP contribution in [0.2, 0.25) is 0 Å². The molecule has 0 aromatic carbocycles. The highest BCUT2D eigenvalue weighted by atomic mass is 16.5. The third-order valence-electron chi connectivity index (χ3n) is 5.92. The maximum atomic E-state index is 12.9. The zero-order valence-corrected chi connectivity index (χ0v) is 13.7. The van der Waals surface area contributed by atoms with E-state index in [1.54, 1.807) is 6.20 Å². The molecule has 3 saturated heterocycles. The van der Waals surface area contributed by atoms with Gasteiger partial charge in [0.05, 0.1) is 17.8 Å². The highest BCUT2D eigenvalue weighted by Gasteiger charge is 2.53. The average Bonchev–Trinajstić information content (AvgIpc) is 3.32. The second-order valence-corrected chi connectivity index (χ2v) is 7.11. The SMILES string of the molecule is CCn1c(N)nc2cc(C(=O)N3CC4C5CCC(O5)C4C3)cnc21. The van der Waals surface area contributed by atoms with Crippen LogP contribution < -0.4 is 5.73 Å². The number of fused-ring (bicyclic) bond motifs is 6. The summed E-state index contributed by atoms with van der Waals surface area (Å²) >= 11 is 0. The van der Waals surface area contributed by atoms with E-state index in [1.165, 1.54) is 0 Å². The molecule has 2 aromatic heterocycles. The predicted molar refractivity (Wildman–Crippen MR) is 88.4 cm³/mol. The Bertz CT molecular complexity index is 814. The normalized spacial score (nSPS) is 31.1. The minimum atomic E-state index is 0.0443. The number of aryl methyl sites for hydroxylation is 1. The molecule has 3 aliphatic rings. The smallest absolute Gasteiger partial charge is 0.255 e. The number of imidazole rings is 1. The minimum absolute atomic E-state index is 0.0443. The number of nitrogens with two attached hydrogens (primary N) is 1.